The highest BCUT2D eigenvalue weighted by molar-refractivity contribution is 9.10. The van der Waals surface area contributed by atoms with E-state index in [1.807, 2.05) is 11.8 Å². The molecule has 0 unspecified atom stereocenters. The first-order chi connectivity index (χ1) is 8.99. The van der Waals surface area contributed by atoms with Crippen LogP contribution in [0.1, 0.15) is 26.2 Å². The van der Waals surface area contributed by atoms with E-state index in [1.54, 1.807) is 0 Å². The molecule has 1 aromatic heterocycles. The smallest absolute Gasteiger partial charge is 0.358 e. The summed E-state index contributed by atoms with van der Waals surface area (Å²) in [5.41, 5.74) is 0. The summed E-state index contributed by atoms with van der Waals surface area (Å²) in [6, 6.07) is 0.297. The fourth-order valence-electron chi connectivity index (χ4n) is 2.28. The number of aryl methyl sites for hydroxylation is 1. The van der Waals surface area contributed by atoms with Crippen molar-refractivity contribution in [1.82, 2.24) is 14.7 Å². The van der Waals surface area contributed by atoms with Crippen LogP contribution >= 0.6 is 15.9 Å². The molecule has 19 heavy (non-hydrogen) atoms. The lowest BCUT2D eigenvalue weighted by atomic mass is 10.2. The molecule has 7 nitrogen and oxygen atoms in total. The molecule has 0 saturated carbocycles. The molecule has 2 heterocycles. The number of nitro groups is 1. The third-order valence-corrected chi connectivity index (χ3v) is 3.86. The monoisotopic (exact) mass is 330 g/mol. The molecule has 1 atom stereocenters. The molecule has 8 heteroatoms. The predicted molar refractivity (Wildman–Crippen MR) is 71.6 cm³/mol. The number of aromatic nitrogens is 2. The molecular formula is C11H15BrN4O3. The van der Waals surface area contributed by atoms with Gasteiger partial charge in [0, 0.05) is 19.0 Å². The van der Waals surface area contributed by atoms with Crippen LogP contribution in [-0.4, -0.2) is 38.1 Å². The molecule has 0 N–H and O–H groups in total. The Balaban J connectivity index is 1.93. The highest BCUT2D eigenvalue weighted by Crippen LogP contribution is 2.22. The van der Waals surface area contributed by atoms with Crippen LogP contribution in [0.4, 0.5) is 5.82 Å². The zero-order chi connectivity index (χ0) is 14.0. The lowest BCUT2D eigenvalue weighted by Gasteiger charge is -2.20. The average molecular weight is 331 g/mol. The van der Waals surface area contributed by atoms with E-state index in [1.165, 1.54) is 10.9 Å². The summed E-state index contributed by atoms with van der Waals surface area (Å²) in [7, 11) is 0. The van der Waals surface area contributed by atoms with E-state index in [4.69, 9.17) is 0 Å². The number of halogens is 1. The van der Waals surface area contributed by atoms with E-state index >= 15 is 0 Å². The van der Waals surface area contributed by atoms with Gasteiger partial charge in [-0.1, -0.05) is 0 Å². The van der Waals surface area contributed by atoms with Crippen LogP contribution in [0.5, 0.6) is 0 Å². The summed E-state index contributed by atoms with van der Waals surface area (Å²) in [5, 5.41) is 14.5. The second kappa shape index (κ2) is 5.68. The van der Waals surface area contributed by atoms with Gasteiger partial charge < -0.3 is 15.0 Å². The Hall–Kier alpha value is -1.44. The van der Waals surface area contributed by atoms with Crippen molar-refractivity contribution in [2.75, 3.05) is 6.54 Å². The fourth-order valence-corrected chi connectivity index (χ4v) is 2.74. The number of carbonyl (C=O) groups excluding carboxylic acids is 1. The van der Waals surface area contributed by atoms with Crippen molar-refractivity contribution in [3.8, 4) is 0 Å². The maximum absolute atomic E-state index is 12.0. The van der Waals surface area contributed by atoms with Gasteiger partial charge in [0.15, 0.2) is 0 Å². The Bertz CT molecular complexity index is 502. The van der Waals surface area contributed by atoms with E-state index < -0.39 is 4.92 Å². The number of nitrogens with zero attached hydrogens (tertiary/aromatic N) is 4. The largest absolute Gasteiger partial charge is 0.404 e. The summed E-state index contributed by atoms with van der Waals surface area (Å²) in [5.74, 6) is -0.138. The summed E-state index contributed by atoms with van der Waals surface area (Å²) in [4.78, 5) is 24.0. The summed E-state index contributed by atoms with van der Waals surface area (Å²) >= 11 is 3.08. The quantitative estimate of drug-likeness (QED) is 0.624. The first-order valence-corrected chi connectivity index (χ1v) is 6.95. The maximum Gasteiger partial charge on any atom is 0.404 e. The minimum atomic E-state index is -0.551. The van der Waals surface area contributed by atoms with Crippen LogP contribution in [0.3, 0.4) is 0 Å². The molecule has 104 valence electrons. The molecule has 1 amide bonds. The molecular weight excluding hydrogens is 316 g/mol. The van der Waals surface area contributed by atoms with Gasteiger partial charge in [-0.3, -0.25) is 4.79 Å². The van der Waals surface area contributed by atoms with Crippen molar-refractivity contribution in [1.29, 1.82) is 0 Å². The number of carbonyl (C=O) groups is 1. The molecule has 1 aromatic rings. The van der Waals surface area contributed by atoms with Gasteiger partial charge in [-0.15, -0.1) is 0 Å². The average Bonchev–Trinajstić information content (AvgIpc) is 2.92. The summed E-state index contributed by atoms with van der Waals surface area (Å²) in [6.07, 6.45) is 3.94. The van der Waals surface area contributed by atoms with Crippen molar-refractivity contribution in [3.05, 3.63) is 20.8 Å². The van der Waals surface area contributed by atoms with Crippen molar-refractivity contribution >= 4 is 27.7 Å². The Morgan fingerprint density at radius 2 is 2.42 bits per heavy atom. The Labute approximate surface area is 118 Å². The number of rotatable bonds is 4. The number of likely N-dealkylation sites (tertiary alicyclic amines) is 1. The van der Waals surface area contributed by atoms with Crippen molar-refractivity contribution in [2.45, 2.75) is 38.8 Å². The topological polar surface area (TPSA) is 81.3 Å². The first-order valence-electron chi connectivity index (χ1n) is 6.16. The second-order valence-electron chi connectivity index (χ2n) is 4.65. The minimum Gasteiger partial charge on any atom is -0.358 e. The highest BCUT2D eigenvalue weighted by atomic mass is 79.9. The molecule has 0 aromatic carbocycles. The zero-order valence-electron chi connectivity index (χ0n) is 10.6. The van der Waals surface area contributed by atoms with Gasteiger partial charge in [-0.25, -0.2) is 0 Å². The summed E-state index contributed by atoms with van der Waals surface area (Å²) in [6.45, 7) is 3.21. The van der Waals surface area contributed by atoms with Crippen LogP contribution in [0.25, 0.3) is 0 Å². The molecule has 1 saturated heterocycles. The summed E-state index contributed by atoms with van der Waals surface area (Å²) < 4.78 is 1.76. The van der Waals surface area contributed by atoms with Crippen LogP contribution in [0, 0.1) is 10.1 Å². The number of hydrogen-bond acceptors (Lipinski definition) is 4. The predicted octanol–water partition coefficient (Wildman–Crippen LogP) is 1.95. The van der Waals surface area contributed by atoms with Gasteiger partial charge in [0.25, 0.3) is 0 Å². The fraction of sp³-hybridized carbons (Fsp3) is 0.636. The van der Waals surface area contributed by atoms with Gasteiger partial charge in [0.05, 0.1) is 17.8 Å². The minimum absolute atomic E-state index is 0.0827. The van der Waals surface area contributed by atoms with Gasteiger partial charge in [-0.2, -0.15) is 4.68 Å². The van der Waals surface area contributed by atoms with Gasteiger partial charge >= 0.3 is 5.82 Å². The third-order valence-electron chi connectivity index (χ3n) is 3.30. The van der Waals surface area contributed by atoms with E-state index in [9.17, 15) is 14.9 Å². The zero-order valence-corrected chi connectivity index (χ0v) is 12.2. The number of amides is 1. The molecule has 0 aliphatic carbocycles. The van der Waals surface area contributed by atoms with Crippen LogP contribution in [0.15, 0.2) is 10.7 Å². The maximum atomic E-state index is 12.0. The molecule has 1 fully saturated rings. The Morgan fingerprint density at radius 3 is 2.95 bits per heavy atom. The van der Waals surface area contributed by atoms with Crippen LogP contribution in [-0.2, 0) is 11.3 Å². The molecule has 0 radical (unpaired) electrons. The molecule has 0 spiro atoms. The highest BCUT2D eigenvalue weighted by Gasteiger charge is 2.25. The standard InChI is InChI=1S/C11H15BrN4O3/c1-8-3-2-5-15(8)10(17)4-6-14-7-9(12)11(13-14)16(18)19/h7-8H,2-6H2,1H3/t8-/m1/s1. The van der Waals surface area contributed by atoms with Gasteiger partial charge in [-0.05, 0) is 40.6 Å². The van der Waals surface area contributed by atoms with E-state index in [0.29, 0.717) is 23.5 Å². The Morgan fingerprint density at radius 1 is 1.68 bits per heavy atom. The number of hydrogen-bond donors (Lipinski definition) is 0. The van der Waals surface area contributed by atoms with E-state index in [2.05, 4.69) is 21.0 Å². The normalized spacial score (nSPS) is 18.8. The SMILES string of the molecule is C[C@@H]1CCCN1C(=O)CCn1cc(Br)c([N+](=O)[O-])n1. The van der Waals surface area contributed by atoms with Crippen LogP contribution in [0.2, 0.25) is 0 Å². The third kappa shape index (κ3) is 3.12. The molecule has 1 aliphatic heterocycles. The van der Waals surface area contributed by atoms with Gasteiger partial charge in [0.2, 0.25) is 5.91 Å². The van der Waals surface area contributed by atoms with Crippen molar-refractivity contribution in [2.24, 2.45) is 0 Å². The lowest BCUT2D eigenvalue weighted by Crippen LogP contribution is -2.34. The van der Waals surface area contributed by atoms with Crippen molar-refractivity contribution in [3.63, 3.8) is 0 Å². The van der Waals surface area contributed by atoms with Crippen molar-refractivity contribution < 1.29 is 9.72 Å². The molecule has 2 rings (SSSR count). The first kappa shape index (κ1) is 14.0. The lowest BCUT2D eigenvalue weighted by molar-refractivity contribution is -0.390. The Kier molecular flexibility index (Phi) is 4.18. The van der Waals surface area contributed by atoms with Crippen LogP contribution < -0.4 is 0 Å². The van der Waals surface area contributed by atoms with Gasteiger partial charge in [0.1, 0.15) is 4.47 Å². The van der Waals surface area contributed by atoms with E-state index in [0.717, 1.165) is 19.4 Å². The van der Waals surface area contributed by atoms with E-state index in [-0.39, 0.29) is 11.7 Å². The second-order valence-corrected chi connectivity index (χ2v) is 5.50. The molecule has 0 bridgehead atoms. The molecule has 1 aliphatic rings.